The van der Waals surface area contributed by atoms with Gasteiger partial charge in [0, 0.05) is 24.3 Å². The van der Waals surface area contributed by atoms with Crippen molar-refractivity contribution in [2.24, 2.45) is 5.73 Å². The average molecular weight is 233 g/mol. The van der Waals surface area contributed by atoms with Crippen LogP contribution in [-0.2, 0) is 13.0 Å². The molecule has 3 nitrogen and oxygen atoms in total. The predicted molar refractivity (Wildman–Crippen MR) is 64.9 cm³/mol. The maximum absolute atomic E-state index is 13.5. The molecule has 0 aliphatic carbocycles. The zero-order valence-corrected chi connectivity index (χ0v) is 9.81. The lowest BCUT2D eigenvalue weighted by molar-refractivity contribution is 0.580. The summed E-state index contributed by atoms with van der Waals surface area (Å²) in [6.07, 6.45) is 4.33. The molecule has 2 N–H and O–H groups in total. The van der Waals surface area contributed by atoms with E-state index in [4.69, 9.17) is 5.73 Å². The van der Waals surface area contributed by atoms with Crippen molar-refractivity contribution in [3.8, 4) is 0 Å². The van der Waals surface area contributed by atoms with Gasteiger partial charge in [0.15, 0.2) is 0 Å². The minimum Gasteiger partial charge on any atom is -0.324 e. The van der Waals surface area contributed by atoms with Crippen LogP contribution in [-0.4, -0.2) is 9.78 Å². The zero-order chi connectivity index (χ0) is 12.3. The fourth-order valence-corrected chi connectivity index (χ4v) is 1.82. The van der Waals surface area contributed by atoms with Crippen LogP contribution in [0.4, 0.5) is 4.39 Å². The normalized spacial score (nSPS) is 12.6. The number of aromatic nitrogens is 2. The van der Waals surface area contributed by atoms with Crippen molar-refractivity contribution in [2.75, 3.05) is 0 Å². The predicted octanol–water partition coefficient (Wildman–Crippen LogP) is 2.28. The van der Waals surface area contributed by atoms with Gasteiger partial charge in [0.05, 0.1) is 6.20 Å². The molecule has 0 radical (unpaired) electrons. The van der Waals surface area contributed by atoms with E-state index in [9.17, 15) is 4.39 Å². The Bertz CT molecular complexity index is 493. The Morgan fingerprint density at radius 1 is 1.41 bits per heavy atom. The van der Waals surface area contributed by atoms with Crippen LogP contribution in [0.5, 0.6) is 0 Å². The molecule has 0 spiro atoms. The molecule has 0 bridgehead atoms. The monoisotopic (exact) mass is 233 g/mol. The van der Waals surface area contributed by atoms with Gasteiger partial charge >= 0.3 is 0 Å². The number of hydrogen-bond donors (Lipinski definition) is 1. The fourth-order valence-electron chi connectivity index (χ4n) is 1.82. The molecule has 0 saturated heterocycles. The lowest BCUT2D eigenvalue weighted by atomic mass is 10.0. The quantitative estimate of drug-likeness (QED) is 0.880. The average Bonchev–Trinajstić information content (AvgIpc) is 2.77. The minimum absolute atomic E-state index is 0.247. The molecule has 1 unspecified atom stereocenters. The number of nitrogens with two attached hydrogens (primary N) is 1. The van der Waals surface area contributed by atoms with Crippen LogP contribution in [0.1, 0.15) is 24.1 Å². The van der Waals surface area contributed by atoms with Gasteiger partial charge in [0.2, 0.25) is 0 Å². The Balaban J connectivity index is 2.11. The largest absolute Gasteiger partial charge is 0.324 e. The maximum Gasteiger partial charge on any atom is 0.127 e. The van der Waals surface area contributed by atoms with Crippen LogP contribution < -0.4 is 5.73 Å². The lowest BCUT2D eigenvalue weighted by Crippen LogP contribution is -2.14. The third kappa shape index (κ3) is 2.71. The van der Waals surface area contributed by atoms with Crippen molar-refractivity contribution in [2.45, 2.75) is 25.9 Å². The highest BCUT2D eigenvalue weighted by Crippen LogP contribution is 2.18. The van der Waals surface area contributed by atoms with Crippen LogP contribution in [0.2, 0.25) is 0 Å². The summed E-state index contributed by atoms with van der Waals surface area (Å²) in [6, 6.07) is 6.30. The zero-order valence-electron chi connectivity index (χ0n) is 9.81. The van der Waals surface area contributed by atoms with E-state index < -0.39 is 0 Å². The van der Waals surface area contributed by atoms with Gasteiger partial charge in [-0.2, -0.15) is 5.10 Å². The van der Waals surface area contributed by atoms with E-state index in [1.807, 2.05) is 17.8 Å². The van der Waals surface area contributed by atoms with E-state index >= 15 is 0 Å². The fraction of sp³-hybridized carbons (Fsp3) is 0.308. The van der Waals surface area contributed by atoms with Crippen molar-refractivity contribution in [1.82, 2.24) is 9.78 Å². The summed E-state index contributed by atoms with van der Waals surface area (Å²) in [5.74, 6) is -0.247. The summed E-state index contributed by atoms with van der Waals surface area (Å²) < 4.78 is 15.4. The van der Waals surface area contributed by atoms with E-state index in [2.05, 4.69) is 5.10 Å². The van der Waals surface area contributed by atoms with Crippen LogP contribution >= 0.6 is 0 Å². The van der Waals surface area contributed by atoms with Crippen molar-refractivity contribution < 1.29 is 4.39 Å². The van der Waals surface area contributed by atoms with Crippen molar-refractivity contribution in [3.05, 3.63) is 53.6 Å². The first kappa shape index (κ1) is 11.8. The molecule has 90 valence electrons. The molecule has 2 rings (SSSR count). The lowest BCUT2D eigenvalue weighted by Gasteiger charge is -2.11. The molecule has 1 heterocycles. The van der Waals surface area contributed by atoms with Crippen LogP contribution in [0.3, 0.4) is 0 Å². The Labute approximate surface area is 100 Å². The molecular formula is C13H16FN3. The van der Waals surface area contributed by atoms with E-state index in [0.717, 1.165) is 12.1 Å². The highest BCUT2D eigenvalue weighted by Gasteiger charge is 2.12. The van der Waals surface area contributed by atoms with Crippen LogP contribution in [0.25, 0.3) is 0 Å². The van der Waals surface area contributed by atoms with Crippen molar-refractivity contribution in [3.63, 3.8) is 0 Å². The Kier molecular flexibility index (Phi) is 3.54. The second kappa shape index (κ2) is 5.10. The van der Waals surface area contributed by atoms with E-state index in [-0.39, 0.29) is 11.9 Å². The molecule has 1 aromatic carbocycles. The Morgan fingerprint density at radius 2 is 2.18 bits per heavy atom. The second-order valence-electron chi connectivity index (χ2n) is 4.04. The van der Waals surface area contributed by atoms with Crippen LogP contribution in [0.15, 0.2) is 36.7 Å². The Morgan fingerprint density at radius 3 is 2.82 bits per heavy atom. The van der Waals surface area contributed by atoms with Gasteiger partial charge in [-0.05, 0) is 25.0 Å². The maximum atomic E-state index is 13.5. The molecule has 0 aliphatic rings. The SMILES string of the molecule is CCn1cc(CC(N)c2ccccc2F)cn1. The molecule has 0 saturated carbocycles. The van der Waals surface area contributed by atoms with Gasteiger partial charge < -0.3 is 5.73 Å². The topological polar surface area (TPSA) is 43.8 Å². The van der Waals surface area contributed by atoms with E-state index in [1.165, 1.54) is 6.07 Å². The molecule has 1 aromatic heterocycles. The smallest absolute Gasteiger partial charge is 0.127 e. The van der Waals surface area contributed by atoms with E-state index in [1.54, 1.807) is 24.4 Å². The van der Waals surface area contributed by atoms with Gasteiger partial charge in [0.1, 0.15) is 5.82 Å². The molecule has 1 atom stereocenters. The summed E-state index contributed by atoms with van der Waals surface area (Å²) in [4.78, 5) is 0. The molecule has 17 heavy (non-hydrogen) atoms. The molecule has 0 fully saturated rings. The first-order valence-electron chi connectivity index (χ1n) is 5.72. The van der Waals surface area contributed by atoms with Crippen LogP contribution in [0, 0.1) is 5.82 Å². The number of rotatable bonds is 4. The van der Waals surface area contributed by atoms with Gasteiger partial charge in [0.25, 0.3) is 0 Å². The highest BCUT2D eigenvalue weighted by molar-refractivity contribution is 5.23. The van der Waals surface area contributed by atoms with Gasteiger partial charge in [-0.1, -0.05) is 18.2 Å². The second-order valence-corrected chi connectivity index (χ2v) is 4.04. The third-order valence-corrected chi connectivity index (χ3v) is 2.77. The molecule has 0 amide bonds. The van der Waals surface area contributed by atoms with E-state index in [0.29, 0.717) is 12.0 Å². The molecule has 0 aliphatic heterocycles. The number of nitrogens with zero attached hydrogens (tertiary/aromatic N) is 2. The van der Waals surface area contributed by atoms with Gasteiger partial charge in [-0.3, -0.25) is 4.68 Å². The third-order valence-electron chi connectivity index (χ3n) is 2.77. The first-order chi connectivity index (χ1) is 8.20. The van der Waals surface area contributed by atoms with Gasteiger partial charge in [-0.15, -0.1) is 0 Å². The van der Waals surface area contributed by atoms with Crippen molar-refractivity contribution in [1.29, 1.82) is 0 Å². The number of hydrogen-bond acceptors (Lipinski definition) is 2. The summed E-state index contributed by atoms with van der Waals surface area (Å²) in [7, 11) is 0. The standard InChI is InChI=1S/C13H16FN3/c1-2-17-9-10(8-16-17)7-13(15)11-5-3-4-6-12(11)14/h3-6,8-9,13H,2,7,15H2,1H3. The summed E-state index contributed by atoms with van der Waals surface area (Å²) >= 11 is 0. The molecule has 4 heteroatoms. The number of benzene rings is 1. The summed E-state index contributed by atoms with van der Waals surface area (Å²) in [6.45, 7) is 2.85. The van der Waals surface area contributed by atoms with Gasteiger partial charge in [-0.25, -0.2) is 4.39 Å². The molecule has 2 aromatic rings. The Hall–Kier alpha value is -1.68. The summed E-state index contributed by atoms with van der Waals surface area (Å²) in [5, 5.41) is 4.17. The summed E-state index contributed by atoms with van der Waals surface area (Å²) in [5.41, 5.74) is 7.58. The first-order valence-corrected chi connectivity index (χ1v) is 5.72. The van der Waals surface area contributed by atoms with Crippen molar-refractivity contribution >= 4 is 0 Å². The minimum atomic E-state index is -0.328. The highest BCUT2D eigenvalue weighted by atomic mass is 19.1. The molecular weight excluding hydrogens is 217 g/mol. The number of halogens is 1. The number of aryl methyl sites for hydroxylation is 1.